The minimum atomic E-state index is -0.250. The molecule has 1 aromatic heterocycles. The molecule has 3 rings (SSSR count). The van der Waals surface area contributed by atoms with Crippen molar-refractivity contribution in [2.75, 3.05) is 13.1 Å². The molecule has 8 heteroatoms. The van der Waals surface area contributed by atoms with Crippen LogP contribution in [0.15, 0.2) is 29.6 Å². The van der Waals surface area contributed by atoms with Gasteiger partial charge in [-0.15, -0.1) is 36.2 Å². The summed E-state index contributed by atoms with van der Waals surface area (Å²) < 4.78 is 13.0. The number of likely N-dealkylation sites (tertiary alicyclic amines) is 1. The fourth-order valence-corrected chi connectivity index (χ4v) is 3.78. The molecule has 144 valence electrons. The molecule has 4 nitrogen and oxygen atoms in total. The highest BCUT2D eigenvalue weighted by Gasteiger charge is 2.36. The molecule has 1 unspecified atom stereocenters. The van der Waals surface area contributed by atoms with Gasteiger partial charge in [0.05, 0.1) is 5.01 Å². The van der Waals surface area contributed by atoms with E-state index >= 15 is 0 Å². The number of carbonyl (C=O) groups is 1. The summed E-state index contributed by atoms with van der Waals surface area (Å²) in [5, 5.41) is 2.67. The van der Waals surface area contributed by atoms with Crippen LogP contribution >= 0.6 is 36.2 Å². The number of hydrogen-bond donors (Lipinski definition) is 1. The van der Waals surface area contributed by atoms with E-state index in [0.29, 0.717) is 25.2 Å². The van der Waals surface area contributed by atoms with E-state index in [-0.39, 0.29) is 48.0 Å². The van der Waals surface area contributed by atoms with E-state index in [1.54, 1.807) is 12.1 Å². The summed E-state index contributed by atoms with van der Waals surface area (Å²) in [4.78, 5) is 19.0. The first-order chi connectivity index (χ1) is 11.3. The maximum absolute atomic E-state index is 13.0. The molecule has 1 aromatic carbocycles. The average Bonchev–Trinajstić information content (AvgIpc) is 3.00. The molecule has 1 saturated heterocycles. The molecule has 2 heterocycles. The minimum Gasteiger partial charge on any atom is -0.337 e. The quantitative estimate of drug-likeness (QED) is 0.819. The number of thiazole rings is 1. The Morgan fingerprint density at radius 1 is 1.35 bits per heavy atom. The van der Waals surface area contributed by atoms with Gasteiger partial charge in [-0.2, -0.15) is 0 Å². The Labute approximate surface area is 169 Å². The van der Waals surface area contributed by atoms with Gasteiger partial charge < -0.3 is 10.6 Å². The van der Waals surface area contributed by atoms with Crippen LogP contribution in [0.4, 0.5) is 4.39 Å². The number of nitrogens with zero attached hydrogens (tertiary/aromatic N) is 2. The zero-order valence-electron chi connectivity index (χ0n) is 14.8. The van der Waals surface area contributed by atoms with Gasteiger partial charge in [0.1, 0.15) is 11.5 Å². The van der Waals surface area contributed by atoms with E-state index < -0.39 is 0 Å². The van der Waals surface area contributed by atoms with Crippen molar-refractivity contribution < 1.29 is 9.18 Å². The summed E-state index contributed by atoms with van der Waals surface area (Å²) in [6.07, 6.45) is 1.42. The monoisotopic (exact) mass is 419 g/mol. The molecule has 0 aliphatic carbocycles. The highest BCUT2D eigenvalue weighted by Crippen LogP contribution is 2.28. The van der Waals surface area contributed by atoms with Crippen molar-refractivity contribution in [3.8, 4) is 0 Å². The number of nitrogens with two attached hydrogens (primary N) is 1. The third-order valence-electron chi connectivity index (χ3n) is 4.64. The van der Waals surface area contributed by atoms with Gasteiger partial charge in [0.15, 0.2) is 0 Å². The molecule has 1 aliphatic heterocycles. The molecule has 0 bridgehead atoms. The first kappa shape index (κ1) is 22.8. The van der Waals surface area contributed by atoms with Gasteiger partial charge in [0, 0.05) is 30.9 Å². The van der Waals surface area contributed by atoms with Crippen molar-refractivity contribution >= 4 is 42.1 Å². The van der Waals surface area contributed by atoms with Gasteiger partial charge in [0.2, 0.25) is 0 Å². The number of halogens is 3. The molecular formula is C18H24Cl2FN3OS. The molecule has 2 N–H and O–H groups in total. The smallest absolute Gasteiger partial charge is 0.273 e. The Hall–Kier alpha value is -1.21. The van der Waals surface area contributed by atoms with Crippen LogP contribution in [0, 0.1) is 11.2 Å². The van der Waals surface area contributed by atoms with Crippen LogP contribution in [0.5, 0.6) is 0 Å². The van der Waals surface area contributed by atoms with E-state index in [4.69, 9.17) is 5.73 Å². The van der Waals surface area contributed by atoms with Crippen LogP contribution in [0.25, 0.3) is 0 Å². The van der Waals surface area contributed by atoms with Gasteiger partial charge in [-0.05, 0) is 29.5 Å². The average molecular weight is 420 g/mol. The first-order valence-electron chi connectivity index (χ1n) is 8.09. The zero-order chi connectivity index (χ0) is 17.3. The Morgan fingerprint density at radius 2 is 2.00 bits per heavy atom. The predicted molar refractivity (Wildman–Crippen MR) is 108 cm³/mol. The van der Waals surface area contributed by atoms with E-state index in [1.165, 1.54) is 23.5 Å². The van der Waals surface area contributed by atoms with Crippen molar-refractivity contribution in [3.63, 3.8) is 0 Å². The number of hydrogen-bond acceptors (Lipinski definition) is 4. The maximum Gasteiger partial charge on any atom is 0.273 e. The van der Waals surface area contributed by atoms with Crippen molar-refractivity contribution in [1.29, 1.82) is 0 Å². The molecule has 2 aromatic rings. The lowest BCUT2D eigenvalue weighted by molar-refractivity contribution is 0.0528. The molecule has 1 atom stereocenters. The van der Waals surface area contributed by atoms with Crippen molar-refractivity contribution in [1.82, 2.24) is 9.88 Å². The standard InChI is InChI=1S/C18H22FN3OS.2ClH/c1-18(2)11-22(8-7-15(18)20)17(23)14-10-24-16(21-14)9-12-3-5-13(19)6-4-12;;/h3-6,10,15H,7-9,11,20H2,1-2H3;2*1H. The largest absolute Gasteiger partial charge is 0.337 e. The number of amides is 1. The van der Waals surface area contributed by atoms with E-state index in [2.05, 4.69) is 18.8 Å². The number of piperidine rings is 1. The first-order valence-corrected chi connectivity index (χ1v) is 8.97. The van der Waals surface area contributed by atoms with Crippen LogP contribution < -0.4 is 5.73 Å². The summed E-state index contributed by atoms with van der Waals surface area (Å²) >= 11 is 1.46. The lowest BCUT2D eigenvalue weighted by Crippen LogP contribution is -2.54. The summed E-state index contributed by atoms with van der Waals surface area (Å²) in [7, 11) is 0. The Kier molecular flexibility index (Phi) is 8.02. The van der Waals surface area contributed by atoms with Gasteiger partial charge in [-0.25, -0.2) is 9.37 Å². The summed E-state index contributed by atoms with van der Waals surface area (Å²) in [5.74, 6) is -0.281. The van der Waals surface area contributed by atoms with Crippen molar-refractivity contribution in [2.45, 2.75) is 32.7 Å². The lowest BCUT2D eigenvalue weighted by atomic mass is 9.79. The van der Waals surface area contributed by atoms with Gasteiger partial charge in [-0.1, -0.05) is 26.0 Å². The fraction of sp³-hybridized carbons (Fsp3) is 0.444. The van der Waals surface area contributed by atoms with Gasteiger partial charge in [0.25, 0.3) is 5.91 Å². The van der Waals surface area contributed by atoms with Crippen LogP contribution in [-0.4, -0.2) is 34.9 Å². The minimum absolute atomic E-state index is 0. The topological polar surface area (TPSA) is 59.2 Å². The molecular weight excluding hydrogens is 396 g/mol. The third-order valence-corrected chi connectivity index (χ3v) is 5.49. The maximum atomic E-state index is 13.0. The molecule has 26 heavy (non-hydrogen) atoms. The number of aromatic nitrogens is 1. The number of rotatable bonds is 3. The summed E-state index contributed by atoms with van der Waals surface area (Å²) in [6, 6.07) is 6.48. The highest BCUT2D eigenvalue weighted by atomic mass is 35.5. The van der Waals surface area contributed by atoms with E-state index in [0.717, 1.165) is 17.0 Å². The Bertz CT molecular complexity index is 736. The predicted octanol–water partition coefficient (Wildman–Crippen LogP) is 3.92. The summed E-state index contributed by atoms with van der Waals surface area (Å²) in [6.45, 7) is 5.52. The normalized spacial score (nSPS) is 18.6. The molecule has 1 amide bonds. The molecule has 1 fully saturated rings. The molecule has 0 spiro atoms. The van der Waals surface area contributed by atoms with Crippen LogP contribution in [0.1, 0.15) is 41.3 Å². The zero-order valence-corrected chi connectivity index (χ0v) is 17.2. The van der Waals surface area contributed by atoms with Gasteiger partial charge in [-0.3, -0.25) is 4.79 Å². The molecule has 0 saturated carbocycles. The van der Waals surface area contributed by atoms with Crippen LogP contribution in [0.2, 0.25) is 0 Å². The van der Waals surface area contributed by atoms with Crippen molar-refractivity contribution in [2.24, 2.45) is 11.1 Å². The third kappa shape index (κ3) is 5.16. The number of carbonyl (C=O) groups excluding carboxylic acids is 1. The van der Waals surface area contributed by atoms with Crippen LogP contribution in [-0.2, 0) is 6.42 Å². The Balaban J connectivity index is 0.00000169. The van der Waals surface area contributed by atoms with E-state index in [9.17, 15) is 9.18 Å². The van der Waals surface area contributed by atoms with Gasteiger partial charge >= 0.3 is 0 Å². The SMILES string of the molecule is CC1(C)CN(C(=O)c2csc(Cc3ccc(F)cc3)n2)CCC1N.Cl.Cl. The summed E-state index contributed by atoms with van der Waals surface area (Å²) in [5.41, 5.74) is 7.52. The van der Waals surface area contributed by atoms with Crippen molar-refractivity contribution in [3.05, 3.63) is 51.7 Å². The second-order valence-corrected chi connectivity index (χ2v) is 7.98. The fourth-order valence-electron chi connectivity index (χ4n) is 2.98. The highest BCUT2D eigenvalue weighted by molar-refractivity contribution is 7.09. The number of benzene rings is 1. The van der Waals surface area contributed by atoms with Crippen LogP contribution in [0.3, 0.4) is 0 Å². The lowest BCUT2D eigenvalue weighted by Gasteiger charge is -2.42. The second-order valence-electron chi connectivity index (χ2n) is 7.04. The molecule has 1 aliphatic rings. The molecule has 0 radical (unpaired) electrons. The second kappa shape index (κ2) is 9.13. The Morgan fingerprint density at radius 3 is 2.62 bits per heavy atom. The van der Waals surface area contributed by atoms with E-state index in [1.807, 2.05) is 10.3 Å².